The van der Waals surface area contributed by atoms with Crippen LogP contribution in [0.5, 0.6) is 0 Å². The third kappa shape index (κ3) is 4.18. The van der Waals surface area contributed by atoms with Crippen molar-refractivity contribution in [3.63, 3.8) is 0 Å². The van der Waals surface area contributed by atoms with Crippen LogP contribution in [0.4, 0.5) is 5.69 Å². The van der Waals surface area contributed by atoms with E-state index in [9.17, 15) is 13.2 Å². The number of hydrogen-bond donors (Lipinski definition) is 1. The van der Waals surface area contributed by atoms with Gasteiger partial charge in [0.1, 0.15) is 11.5 Å². The Kier molecular flexibility index (Phi) is 5.06. The van der Waals surface area contributed by atoms with E-state index < -0.39 is 10.0 Å². The summed E-state index contributed by atoms with van der Waals surface area (Å²) in [6.07, 6.45) is 4.67. The van der Waals surface area contributed by atoms with Gasteiger partial charge in [0, 0.05) is 24.9 Å². The average molecular weight is 360 g/mol. The highest BCUT2D eigenvalue weighted by Crippen LogP contribution is 2.23. The first-order valence-corrected chi connectivity index (χ1v) is 9.55. The van der Waals surface area contributed by atoms with Gasteiger partial charge in [-0.25, -0.2) is 8.42 Å². The molecule has 0 saturated carbocycles. The summed E-state index contributed by atoms with van der Waals surface area (Å²) in [7, 11) is -3.50. The number of nitrogens with one attached hydrogen (secondary N) is 1. The maximum atomic E-state index is 12.6. The van der Waals surface area contributed by atoms with Crippen molar-refractivity contribution >= 4 is 27.7 Å². The van der Waals surface area contributed by atoms with Gasteiger partial charge in [0.25, 0.3) is 0 Å². The van der Waals surface area contributed by atoms with Crippen molar-refractivity contribution in [2.24, 2.45) is 0 Å². The van der Waals surface area contributed by atoms with Crippen molar-refractivity contribution < 1.29 is 17.6 Å². The molecule has 0 unspecified atom stereocenters. The lowest BCUT2D eigenvalue weighted by molar-refractivity contribution is -0.111. The zero-order valence-electron chi connectivity index (χ0n) is 13.9. The Morgan fingerprint density at radius 3 is 2.64 bits per heavy atom. The summed E-state index contributed by atoms with van der Waals surface area (Å²) in [5, 5.41) is 2.67. The van der Waals surface area contributed by atoms with Gasteiger partial charge in [0.05, 0.1) is 4.90 Å². The molecule has 3 rings (SSSR count). The first-order valence-electron chi connectivity index (χ1n) is 8.11. The fraction of sp³-hybridized carbons (Fsp3) is 0.278. The number of nitrogens with zero attached hydrogens (tertiary/aromatic N) is 1. The number of carbonyl (C=O) groups excluding carboxylic acids is 1. The van der Waals surface area contributed by atoms with E-state index >= 15 is 0 Å². The molecule has 1 saturated heterocycles. The minimum absolute atomic E-state index is 0.192. The standard InChI is InChI=1S/C18H20N2O4S/c1-14-7-8-16(24-14)9-10-18(21)19-15-5-4-6-17(13-15)25(22,23)20-11-2-3-12-20/h4-10,13H,2-3,11-12H2,1H3,(H,19,21). The van der Waals surface area contributed by atoms with Crippen molar-refractivity contribution in [2.45, 2.75) is 24.7 Å². The maximum absolute atomic E-state index is 12.6. The zero-order valence-corrected chi connectivity index (χ0v) is 14.8. The fourth-order valence-electron chi connectivity index (χ4n) is 2.70. The summed E-state index contributed by atoms with van der Waals surface area (Å²) in [5.41, 5.74) is 0.436. The molecule has 1 fully saturated rings. The lowest BCUT2D eigenvalue weighted by atomic mass is 10.3. The number of amides is 1. The molecule has 25 heavy (non-hydrogen) atoms. The Morgan fingerprint density at radius 1 is 1.20 bits per heavy atom. The fourth-order valence-corrected chi connectivity index (χ4v) is 4.26. The number of hydrogen-bond acceptors (Lipinski definition) is 4. The van der Waals surface area contributed by atoms with Gasteiger partial charge in [-0.05, 0) is 56.2 Å². The summed E-state index contributed by atoms with van der Waals surface area (Å²) in [5.74, 6) is 0.989. The Hall–Kier alpha value is -2.38. The molecule has 1 aliphatic heterocycles. The van der Waals surface area contributed by atoms with E-state index in [1.807, 2.05) is 13.0 Å². The van der Waals surface area contributed by atoms with Gasteiger partial charge >= 0.3 is 0 Å². The minimum atomic E-state index is -3.50. The topological polar surface area (TPSA) is 79.6 Å². The van der Waals surface area contributed by atoms with Crippen LogP contribution in [0.15, 0.2) is 51.8 Å². The van der Waals surface area contributed by atoms with Crippen LogP contribution in [-0.4, -0.2) is 31.7 Å². The van der Waals surface area contributed by atoms with Crippen LogP contribution in [0.2, 0.25) is 0 Å². The van der Waals surface area contributed by atoms with E-state index in [-0.39, 0.29) is 10.8 Å². The van der Waals surface area contributed by atoms with Crippen LogP contribution < -0.4 is 5.32 Å². The summed E-state index contributed by atoms with van der Waals surface area (Å²) >= 11 is 0. The minimum Gasteiger partial charge on any atom is -0.462 e. The smallest absolute Gasteiger partial charge is 0.248 e. The number of furan rings is 1. The highest BCUT2D eigenvalue weighted by Gasteiger charge is 2.27. The quantitative estimate of drug-likeness (QED) is 0.831. The van der Waals surface area contributed by atoms with Gasteiger partial charge in [-0.3, -0.25) is 4.79 Å². The Morgan fingerprint density at radius 2 is 1.96 bits per heavy atom. The molecule has 132 valence electrons. The van der Waals surface area contributed by atoms with Gasteiger partial charge in [-0.15, -0.1) is 0 Å². The van der Waals surface area contributed by atoms with Gasteiger partial charge < -0.3 is 9.73 Å². The highest BCUT2D eigenvalue weighted by molar-refractivity contribution is 7.89. The van der Waals surface area contributed by atoms with Crippen molar-refractivity contribution in [2.75, 3.05) is 18.4 Å². The predicted molar refractivity (Wildman–Crippen MR) is 95.5 cm³/mol. The predicted octanol–water partition coefficient (Wildman–Crippen LogP) is 3.02. The van der Waals surface area contributed by atoms with Crippen LogP contribution in [0.3, 0.4) is 0 Å². The number of sulfonamides is 1. The van der Waals surface area contributed by atoms with Gasteiger partial charge in [0.15, 0.2) is 0 Å². The molecule has 0 bridgehead atoms. The van der Waals surface area contributed by atoms with Gasteiger partial charge in [0.2, 0.25) is 15.9 Å². The molecule has 2 aromatic rings. The molecule has 1 amide bonds. The number of anilines is 1. The summed E-state index contributed by atoms with van der Waals surface area (Å²) in [4.78, 5) is 12.2. The molecule has 2 heterocycles. The van der Waals surface area contributed by atoms with E-state index in [0.717, 1.165) is 18.6 Å². The van der Waals surface area contributed by atoms with Gasteiger partial charge in [-0.1, -0.05) is 6.07 Å². The zero-order chi connectivity index (χ0) is 17.9. The molecule has 0 aliphatic carbocycles. The van der Waals surface area contributed by atoms with E-state index in [2.05, 4.69) is 5.32 Å². The molecule has 1 N–H and O–H groups in total. The highest BCUT2D eigenvalue weighted by atomic mass is 32.2. The summed E-state index contributed by atoms with van der Waals surface area (Å²) < 4.78 is 32.0. The molecule has 0 atom stereocenters. The number of rotatable bonds is 5. The molecule has 0 radical (unpaired) electrons. The van der Waals surface area contributed by atoms with Crippen LogP contribution >= 0.6 is 0 Å². The molecule has 1 aromatic heterocycles. The van der Waals surface area contributed by atoms with Crippen LogP contribution in [0.1, 0.15) is 24.4 Å². The SMILES string of the molecule is Cc1ccc(C=CC(=O)Nc2cccc(S(=O)(=O)N3CCCC3)c2)o1. The lowest BCUT2D eigenvalue weighted by Gasteiger charge is -2.16. The third-order valence-electron chi connectivity index (χ3n) is 3.96. The number of carbonyl (C=O) groups is 1. The summed E-state index contributed by atoms with van der Waals surface area (Å²) in [6, 6.07) is 9.89. The average Bonchev–Trinajstić information content (AvgIpc) is 3.25. The van der Waals surface area contributed by atoms with Crippen molar-refractivity contribution in [1.29, 1.82) is 0 Å². The Labute approximate surface area is 147 Å². The van der Waals surface area contributed by atoms with Crippen LogP contribution in [0, 0.1) is 6.92 Å². The monoisotopic (exact) mass is 360 g/mol. The van der Waals surface area contributed by atoms with Crippen molar-refractivity contribution in [1.82, 2.24) is 4.31 Å². The van der Waals surface area contributed by atoms with Gasteiger partial charge in [-0.2, -0.15) is 4.31 Å². The second-order valence-electron chi connectivity index (χ2n) is 5.91. The van der Waals surface area contributed by atoms with Crippen molar-refractivity contribution in [3.05, 3.63) is 54.0 Å². The Balaban J connectivity index is 1.71. The van der Waals surface area contributed by atoms with E-state index in [0.29, 0.717) is 24.5 Å². The molecule has 1 aliphatic rings. The lowest BCUT2D eigenvalue weighted by Crippen LogP contribution is -2.27. The number of benzene rings is 1. The molecular formula is C18H20N2O4S. The second kappa shape index (κ2) is 7.25. The second-order valence-corrected chi connectivity index (χ2v) is 7.85. The van der Waals surface area contributed by atoms with E-state index in [1.54, 1.807) is 30.3 Å². The molecule has 1 aromatic carbocycles. The first-order chi connectivity index (χ1) is 11.9. The molecule has 7 heteroatoms. The molecule has 6 nitrogen and oxygen atoms in total. The van der Waals surface area contributed by atoms with E-state index in [1.165, 1.54) is 16.4 Å². The maximum Gasteiger partial charge on any atom is 0.248 e. The largest absolute Gasteiger partial charge is 0.462 e. The normalized spacial score (nSPS) is 15.7. The first kappa shape index (κ1) is 17.4. The van der Waals surface area contributed by atoms with Crippen LogP contribution in [0.25, 0.3) is 6.08 Å². The van der Waals surface area contributed by atoms with E-state index in [4.69, 9.17) is 4.42 Å². The molecule has 0 spiro atoms. The van der Waals surface area contributed by atoms with Crippen molar-refractivity contribution in [3.8, 4) is 0 Å². The summed E-state index contributed by atoms with van der Waals surface area (Å²) in [6.45, 7) is 2.91. The third-order valence-corrected chi connectivity index (χ3v) is 5.86. The Bertz CT molecular complexity index is 893. The number of aryl methyl sites for hydroxylation is 1. The van der Waals surface area contributed by atoms with Crippen LogP contribution in [-0.2, 0) is 14.8 Å². The molecular weight excluding hydrogens is 340 g/mol.